The minimum Gasteiger partial charge on any atom is -0.534 e. The molecule has 0 radical (unpaired) electrons. The van der Waals surface area contributed by atoms with E-state index in [-0.39, 0.29) is 43.9 Å². The Morgan fingerprint density at radius 1 is 1.17 bits per heavy atom. The summed E-state index contributed by atoms with van der Waals surface area (Å²) in [7, 11) is -1.77. The Morgan fingerprint density at radius 3 is 2.57 bits per heavy atom. The molecule has 2 atom stereocenters. The van der Waals surface area contributed by atoms with Crippen molar-refractivity contribution in [2.24, 2.45) is 5.73 Å². The van der Waals surface area contributed by atoms with E-state index < -0.39 is 71.7 Å². The van der Waals surface area contributed by atoms with E-state index in [1.807, 2.05) is 0 Å². The first-order valence-electron chi connectivity index (χ1n) is 12.8. The summed E-state index contributed by atoms with van der Waals surface area (Å²) >= 11 is 0. The van der Waals surface area contributed by atoms with Gasteiger partial charge in [-0.05, 0) is 31.0 Å². The van der Waals surface area contributed by atoms with E-state index in [2.05, 4.69) is 10.6 Å². The first-order valence-corrected chi connectivity index (χ1v) is 12.8. The molecule has 42 heavy (non-hydrogen) atoms. The monoisotopic (exact) mass is 587 g/mol. The summed E-state index contributed by atoms with van der Waals surface area (Å²) in [5.41, 5.74) is 4.76. The number of halogens is 1. The van der Waals surface area contributed by atoms with Crippen LogP contribution in [-0.4, -0.2) is 99.1 Å². The largest absolute Gasteiger partial charge is 0.547 e. The Hall–Kier alpha value is -4.90. The van der Waals surface area contributed by atoms with Gasteiger partial charge in [0.25, 0.3) is 0 Å². The highest BCUT2D eigenvalue weighted by atomic mass is 19.1. The van der Waals surface area contributed by atoms with Crippen molar-refractivity contribution in [3.05, 3.63) is 52.8 Å². The Kier molecular flexibility index (Phi) is 8.82. The number of carboxylic acids is 1. The molecule has 0 bridgehead atoms. The van der Waals surface area contributed by atoms with Crippen molar-refractivity contribution in [1.82, 2.24) is 20.4 Å². The Morgan fingerprint density at radius 2 is 1.90 bits per heavy atom. The molecule has 2 unspecified atom stereocenters. The van der Waals surface area contributed by atoms with Gasteiger partial charge in [0.15, 0.2) is 0 Å². The number of carboxylic acid groups (broad SMARTS) is 1. The number of phenolic OH excluding ortho intramolecular Hbond substituents is 2. The Labute approximate surface area is 237 Å². The van der Waals surface area contributed by atoms with Gasteiger partial charge in [-0.25, -0.2) is 14.0 Å². The zero-order valence-corrected chi connectivity index (χ0v) is 21.9. The number of urea groups is 1. The summed E-state index contributed by atoms with van der Waals surface area (Å²) in [6.07, 6.45) is 0.289. The van der Waals surface area contributed by atoms with Gasteiger partial charge in [-0.1, -0.05) is 12.1 Å². The number of hydrogen-bond acceptors (Lipinski definition) is 10. The fourth-order valence-electron chi connectivity index (χ4n) is 4.69. The van der Waals surface area contributed by atoms with Gasteiger partial charge in [0.2, 0.25) is 5.91 Å². The predicted molar refractivity (Wildman–Crippen MR) is 141 cm³/mol. The molecule has 5 amide bonds. The van der Waals surface area contributed by atoms with Gasteiger partial charge < -0.3 is 46.3 Å². The number of aromatic carboxylic acids is 1. The molecule has 15 nitrogen and oxygen atoms in total. The number of fused-ring (bicyclic) bond motifs is 1. The number of carbonyl (C=O) groups excluding carboxylic acids is 4. The van der Waals surface area contributed by atoms with Crippen LogP contribution in [0.3, 0.4) is 0 Å². The number of rotatable bonds is 8. The van der Waals surface area contributed by atoms with E-state index in [1.54, 1.807) is 0 Å². The highest BCUT2D eigenvalue weighted by Gasteiger charge is 2.42. The number of hydrogen-bond donors (Lipinski definition) is 7. The molecule has 222 valence electrons. The normalized spacial score (nSPS) is 17.3. The number of benzene rings is 2. The average Bonchev–Trinajstić information content (AvgIpc) is 2.92. The lowest BCUT2D eigenvalue weighted by Crippen LogP contribution is -2.60. The van der Waals surface area contributed by atoms with Crippen molar-refractivity contribution in [3.8, 4) is 17.2 Å². The second-order valence-electron chi connectivity index (χ2n) is 9.56. The molecule has 0 aliphatic carbocycles. The lowest BCUT2D eigenvalue weighted by Gasteiger charge is -2.34. The highest BCUT2D eigenvalue weighted by Crippen LogP contribution is 2.33. The maximum atomic E-state index is 15.0. The van der Waals surface area contributed by atoms with Gasteiger partial charge in [0.05, 0.1) is 17.1 Å². The molecule has 4 rings (SSSR count). The van der Waals surface area contributed by atoms with Crippen LogP contribution < -0.4 is 21.0 Å². The third-order valence-corrected chi connectivity index (χ3v) is 6.77. The van der Waals surface area contributed by atoms with Gasteiger partial charge in [-0.2, -0.15) is 0 Å². The van der Waals surface area contributed by atoms with Crippen LogP contribution in [0.5, 0.6) is 17.2 Å². The number of nitrogens with two attached hydrogens (primary N) is 1. The fourth-order valence-corrected chi connectivity index (χ4v) is 4.69. The lowest BCUT2D eigenvalue weighted by molar-refractivity contribution is -0.153. The topological polar surface area (TPSA) is 232 Å². The smallest absolute Gasteiger partial charge is 0.534 e. The zero-order valence-electron chi connectivity index (χ0n) is 21.9. The number of nitrogens with one attached hydrogen (secondary N) is 2. The molecule has 2 aromatic rings. The first kappa shape index (κ1) is 30.1. The van der Waals surface area contributed by atoms with Crippen LogP contribution in [0.25, 0.3) is 0 Å². The zero-order chi connectivity index (χ0) is 30.7. The summed E-state index contributed by atoms with van der Waals surface area (Å²) < 4.78 is 20.3. The van der Waals surface area contributed by atoms with Crippen LogP contribution in [0.15, 0.2) is 30.3 Å². The summed E-state index contributed by atoms with van der Waals surface area (Å²) in [5, 5.41) is 44.5. The number of aromatic hydroxyl groups is 2. The number of nitrogens with zero attached hydrogens (tertiary/aromatic N) is 2. The molecule has 0 saturated carbocycles. The third-order valence-electron chi connectivity index (χ3n) is 6.77. The number of imide groups is 1. The van der Waals surface area contributed by atoms with Crippen LogP contribution in [0, 0.1) is 5.82 Å². The van der Waals surface area contributed by atoms with Gasteiger partial charge >= 0.3 is 30.9 Å². The van der Waals surface area contributed by atoms with Crippen LogP contribution in [0.2, 0.25) is 0 Å². The predicted octanol–water partition coefficient (Wildman–Crippen LogP) is -1.15. The average molecular weight is 587 g/mol. The molecule has 2 aromatic carbocycles. The van der Waals surface area contributed by atoms with Gasteiger partial charge in [0, 0.05) is 31.8 Å². The molecule has 1 fully saturated rings. The second kappa shape index (κ2) is 12.3. The van der Waals surface area contributed by atoms with Crippen LogP contribution >= 0.6 is 0 Å². The maximum Gasteiger partial charge on any atom is 0.547 e. The van der Waals surface area contributed by atoms with E-state index in [1.165, 1.54) is 23.1 Å². The minimum absolute atomic E-state index is 0.0168. The summed E-state index contributed by atoms with van der Waals surface area (Å²) in [5.74, 6) is -8.90. The van der Waals surface area contributed by atoms with Crippen molar-refractivity contribution in [2.45, 2.75) is 24.8 Å². The molecular weight excluding hydrogens is 560 g/mol. The maximum absolute atomic E-state index is 15.0. The summed E-state index contributed by atoms with van der Waals surface area (Å²) in [4.78, 5) is 64.9. The van der Waals surface area contributed by atoms with Gasteiger partial charge in [-0.3, -0.25) is 19.3 Å². The molecule has 17 heteroatoms. The van der Waals surface area contributed by atoms with Crippen molar-refractivity contribution in [3.63, 3.8) is 0 Å². The van der Waals surface area contributed by atoms with Crippen molar-refractivity contribution < 1.29 is 53.4 Å². The van der Waals surface area contributed by atoms with Crippen molar-refractivity contribution >= 4 is 36.8 Å². The number of carbonyl (C=O) groups is 5. The van der Waals surface area contributed by atoms with E-state index in [0.717, 1.165) is 6.07 Å². The van der Waals surface area contributed by atoms with E-state index in [4.69, 9.17) is 10.4 Å². The molecule has 2 heterocycles. The summed E-state index contributed by atoms with van der Waals surface area (Å²) in [6, 6.07) is 2.22. The van der Waals surface area contributed by atoms with Crippen LogP contribution in [0.4, 0.5) is 9.18 Å². The molecule has 0 spiro atoms. The standard InChI is InChI=1S/C25H27BFN5O10/c27-15-10-13(33)11-16(34)18(15)19(30-25(40)32-8-7-31(6-2-5-28)22(36)23(32)37)21(35)29-17-9-12-3-1-4-14(24(38)39)20(12)42-26(17)41/h1,3-4,10-11,17,19,33-34,41H,2,5-9,28H2,(H,29,35)(H,30,40)(H,38,39). The third kappa shape index (κ3) is 6.06. The fraction of sp³-hybridized carbons (Fsp3) is 0.320. The van der Waals surface area contributed by atoms with Gasteiger partial charge in [-0.15, -0.1) is 0 Å². The number of piperazine rings is 1. The van der Waals surface area contributed by atoms with E-state index in [9.17, 15) is 48.7 Å². The Balaban J connectivity index is 1.59. The van der Waals surface area contributed by atoms with Crippen LogP contribution in [0.1, 0.15) is 33.9 Å². The number of para-hydroxylation sites is 1. The highest BCUT2D eigenvalue weighted by molar-refractivity contribution is 6.47. The molecule has 1 saturated heterocycles. The molecule has 2 aliphatic heterocycles. The molecular formula is C25H27BFN5O10. The van der Waals surface area contributed by atoms with E-state index in [0.29, 0.717) is 23.0 Å². The summed E-state index contributed by atoms with van der Waals surface area (Å²) in [6.45, 7) is 0.193. The van der Waals surface area contributed by atoms with Crippen molar-refractivity contribution in [1.29, 1.82) is 0 Å². The molecule has 8 N–H and O–H groups in total. The molecule has 0 aromatic heterocycles. The lowest BCUT2D eigenvalue weighted by atomic mass is 9.72. The van der Waals surface area contributed by atoms with Crippen LogP contribution in [-0.2, 0) is 20.8 Å². The van der Waals surface area contributed by atoms with E-state index >= 15 is 0 Å². The van der Waals surface area contributed by atoms with Gasteiger partial charge in [0.1, 0.15) is 29.1 Å². The SMILES string of the molecule is NCCCN1CCN(C(=O)NC(C(=O)NC2Cc3cccc(C(=O)O)c3OB2O)c2c(O)cc(O)cc2F)C(=O)C1=O. The quantitative estimate of drug-likeness (QED) is 0.144. The molecule has 2 aliphatic rings. The second-order valence-corrected chi connectivity index (χ2v) is 9.56. The first-order chi connectivity index (χ1) is 19.9. The number of amides is 5. The number of phenols is 2. The Bertz CT molecular complexity index is 1420. The minimum atomic E-state index is -2.03. The van der Waals surface area contributed by atoms with Crippen molar-refractivity contribution in [2.75, 3.05) is 26.2 Å².